The predicted octanol–water partition coefficient (Wildman–Crippen LogP) is 1.23. The van der Waals surface area contributed by atoms with Gasteiger partial charge >= 0.3 is 0 Å². The van der Waals surface area contributed by atoms with Gasteiger partial charge in [-0.3, -0.25) is 0 Å². The van der Waals surface area contributed by atoms with Crippen molar-refractivity contribution in [1.82, 2.24) is 14.9 Å². The van der Waals surface area contributed by atoms with Crippen molar-refractivity contribution in [3.8, 4) is 5.88 Å². The van der Waals surface area contributed by atoms with E-state index < -0.39 is 0 Å². The highest BCUT2D eigenvalue weighted by Crippen LogP contribution is 2.20. The van der Waals surface area contributed by atoms with E-state index in [-0.39, 0.29) is 0 Å². The fraction of sp³-hybridized carbons (Fsp3) is 0.667. The Hall–Kier alpha value is -1.36. The summed E-state index contributed by atoms with van der Waals surface area (Å²) in [6.45, 7) is 3.77. The van der Waals surface area contributed by atoms with Crippen LogP contribution in [-0.2, 0) is 0 Å². The van der Waals surface area contributed by atoms with E-state index in [2.05, 4.69) is 21.9 Å². The lowest BCUT2D eigenvalue weighted by molar-refractivity contribution is 0.227. The minimum absolute atomic E-state index is 0.494. The summed E-state index contributed by atoms with van der Waals surface area (Å²) in [5.74, 6) is 1.10. The molecule has 2 N–H and O–H groups in total. The van der Waals surface area contributed by atoms with Crippen LogP contribution in [0.4, 0.5) is 5.82 Å². The first-order valence-corrected chi connectivity index (χ1v) is 6.08. The SMILES string of the molecule is Cc1c(N)ncnc1OCCC1CCCN1C. The van der Waals surface area contributed by atoms with Crippen molar-refractivity contribution in [2.24, 2.45) is 0 Å². The number of likely N-dealkylation sites (tertiary alicyclic amines) is 1. The molecule has 1 aliphatic rings. The maximum absolute atomic E-state index is 5.70. The van der Waals surface area contributed by atoms with Gasteiger partial charge in [-0.2, -0.15) is 0 Å². The van der Waals surface area contributed by atoms with E-state index in [1.807, 2.05) is 6.92 Å². The van der Waals surface area contributed by atoms with E-state index in [0.717, 1.165) is 12.0 Å². The van der Waals surface area contributed by atoms with Crippen molar-refractivity contribution in [2.45, 2.75) is 32.2 Å². The summed E-state index contributed by atoms with van der Waals surface area (Å²) in [5.41, 5.74) is 6.52. The summed E-state index contributed by atoms with van der Waals surface area (Å²) in [6, 6.07) is 0.648. The Kier molecular flexibility index (Phi) is 3.78. The van der Waals surface area contributed by atoms with Crippen LogP contribution in [-0.4, -0.2) is 41.1 Å². The molecule has 0 radical (unpaired) electrons. The summed E-state index contributed by atoms with van der Waals surface area (Å²) in [6.07, 6.45) is 5.05. The van der Waals surface area contributed by atoms with E-state index in [1.54, 1.807) is 0 Å². The Bertz CT molecular complexity index is 383. The Morgan fingerprint density at radius 3 is 3.06 bits per heavy atom. The summed E-state index contributed by atoms with van der Waals surface area (Å²) >= 11 is 0. The first-order valence-electron chi connectivity index (χ1n) is 6.08. The number of anilines is 1. The molecule has 2 rings (SSSR count). The molecule has 1 saturated heterocycles. The zero-order valence-corrected chi connectivity index (χ0v) is 10.5. The predicted molar refractivity (Wildman–Crippen MR) is 66.9 cm³/mol. The minimum atomic E-state index is 0.494. The number of rotatable bonds is 4. The zero-order chi connectivity index (χ0) is 12.3. The lowest BCUT2D eigenvalue weighted by Crippen LogP contribution is -2.26. The average molecular weight is 236 g/mol. The number of nitrogens with two attached hydrogens (primary N) is 1. The topological polar surface area (TPSA) is 64.3 Å². The van der Waals surface area contributed by atoms with Crippen LogP contribution in [0, 0.1) is 6.92 Å². The third kappa shape index (κ3) is 2.85. The molecule has 0 amide bonds. The van der Waals surface area contributed by atoms with Crippen molar-refractivity contribution in [1.29, 1.82) is 0 Å². The highest BCUT2D eigenvalue weighted by atomic mass is 16.5. The summed E-state index contributed by atoms with van der Waals surface area (Å²) in [5, 5.41) is 0. The first-order chi connectivity index (χ1) is 8.18. The molecule has 17 heavy (non-hydrogen) atoms. The molecule has 0 spiro atoms. The average Bonchev–Trinajstić information content (AvgIpc) is 2.71. The van der Waals surface area contributed by atoms with E-state index in [4.69, 9.17) is 10.5 Å². The summed E-state index contributed by atoms with van der Waals surface area (Å²) < 4.78 is 5.67. The van der Waals surface area contributed by atoms with Crippen LogP contribution in [0.2, 0.25) is 0 Å². The third-order valence-electron chi connectivity index (χ3n) is 3.44. The fourth-order valence-electron chi connectivity index (χ4n) is 2.23. The molecule has 2 heterocycles. The van der Waals surface area contributed by atoms with E-state index >= 15 is 0 Å². The van der Waals surface area contributed by atoms with Crippen molar-refractivity contribution in [3.63, 3.8) is 0 Å². The van der Waals surface area contributed by atoms with Gasteiger partial charge in [0.05, 0.1) is 12.2 Å². The molecular weight excluding hydrogens is 216 g/mol. The Labute approximate surface area is 102 Å². The van der Waals surface area contributed by atoms with Gasteiger partial charge in [0.1, 0.15) is 12.1 Å². The molecule has 5 nitrogen and oxygen atoms in total. The molecule has 5 heteroatoms. The quantitative estimate of drug-likeness (QED) is 0.851. The van der Waals surface area contributed by atoms with Crippen LogP contribution in [0.3, 0.4) is 0 Å². The van der Waals surface area contributed by atoms with Gasteiger partial charge in [-0.25, -0.2) is 9.97 Å². The molecule has 1 aromatic rings. The van der Waals surface area contributed by atoms with Crippen LogP contribution in [0.25, 0.3) is 0 Å². The largest absolute Gasteiger partial charge is 0.477 e. The van der Waals surface area contributed by atoms with Gasteiger partial charge < -0.3 is 15.4 Å². The lowest BCUT2D eigenvalue weighted by Gasteiger charge is -2.19. The molecule has 0 aliphatic carbocycles. The maximum atomic E-state index is 5.70. The Morgan fingerprint density at radius 2 is 2.35 bits per heavy atom. The van der Waals surface area contributed by atoms with Crippen LogP contribution in [0.1, 0.15) is 24.8 Å². The molecule has 0 saturated carbocycles. The van der Waals surface area contributed by atoms with Gasteiger partial charge in [0.15, 0.2) is 0 Å². The normalized spacial score (nSPS) is 20.7. The monoisotopic (exact) mass is 236 g/mol. The molecule has 0 aromatic carbocycles. The second kappa shape index (κ2) is 5.31. The van der Waals surface area contributed by atoms with E-state index in [1.165, 1.54) is 25.7 Å². The maximum Gasteiger partial charge on any atom is 0.221 e. The van der Waals surface area contributed by atoms with Crippen molar-refractivity contribution >= 4 is 5.82 Å². The number of nitrogen functional groups attached to an aromatic ring is 1. The van der Waals surface area contributed by atoms with Crippen LogP contribution >= 0.6 is 0 Å². The lowest BCUT2D eigenvalue weighted by atomic mass is 10.1. The van der Waals surface area contributed by atoms with Crippen LogP contribution in [0.5, 0.6) is 5.88 Å². The molecule has 0 bridgehead atoms. The number of aromatic nitrogens is 2. The highest BCUT2D eigenvalue weighted by Gasteiger charge is 2.20. The first kappa shape index (κ1) is 12.1. The number of nitrogens with zero attached hydrogens (tertiary/aromatic N) is 3. The molecular formula is C12H20N4O. The molecule has 1 fully saturated rings. The number of hydrogen-bond donors (Lipinski definition) is 1. The Balaban J connectivity index is 1.84. The van der Waals surface area contributed by atoms with Gasteiger partial charge in [-0.05, 0) is 39.8 Å². The van der Waals surface area contributed by atoms with Crippen LogP contribution in [0.15, 0.2) is 6.33 Å². The molecule has 1 aromatic heterocycles. The molecule has 94 valence electrons. The van der Waals surface area contributed by atoms with Gasteiger partial charge in [0, 0.05) is 6.04 Å². The zero-order valence-electron chi connectivity index (χ0n) is 10.5. The fourth-order valence-corrected chi connectivity index (χ4v) is 2.23. The van der Waals surface area contributed by atoms with Gasteiger partial charge in [-0.1, -0.05) is 0 Å². The van der Waals surface area contributed by atoms with Crippen molar-refractivity contribution in [3.05, 3.63) is 11.9 Å². The van der Waals surface area contributed by atoms with E-state index in [0.29, 0.717) is 24.3 Å². The summed E-state index contributed by atoms with van der Waals surface area (Å²) in [4.78, 5) is 10.4. The Morgan fingerprint density at radius 1 is 1.53 bits per heavy atom. The third-order valence-corrected chi connectivity index (χ3v) is 3.44. The second-order valence-electron chi connectivity index (χ2n) is 4.60. The van der Waals surface area contributed by atoms with E-state index in [9.17, 15) is 0 Å². The van der Waals surface area contributed by atoms with Crippen molar-refractivity contribution in [2.75, 3.05) is 25.9 Å². The van der Waals surface area contributed by atoms with Gasteiger partial charge in [0.25, 0.3) is 0 Å². The number of ether oxygens (including phenoxy) is 1. The highest BCUT2D eigenvalue weighted by molar-refractivity contribution is 5.42. The molecule has 1 unspecified atom stereocenters. The van der Waals surface area contributed by atoms with Gasteiger partial charge in [-0.15, -0.1) is 0 Å². The van der Waals surface area contributed by atoms with Gasteiger partial charge in [0.2, 0.25) is 5.88 Å². The van der Waals surface area contributed by atoms with Crippen molar-refractivity contribution < 1.29 is 4.74 Å². The molecule has 1 aliphatic heterocycles. The summed E-state index contributed by atoms with van der Waals surface area (Å²) in [7, 11) is 2.17. The smallest absolute Gasteiger partial charge is 0.221 e. The minimum Gasteiger partial charge on any atom is -0.477 e. The second-order valence-corrected chi connectivity index (χ2v) is 4.60. The molecule has 1 atom stereocenters. The number of hydrogen-bond acceptors (Lipinski definition) is 5. The van der Waals surface area contributed by atoms with Crippen LogP contribution < -0.4 is 10.5 Å². The standard InChI is InChI=1S/C12H20N4O/c1-9-11(13)14-8-15-12(9)17-7-5-10-4-3-6-16(10)2/h8,10H,3-7H2,1-2H3,(H2,13,14,15).